The Hall–Kier alpha value is -3.48. The van der Waals surface area contributed by atoms with E-state index in [0.717, 1.165) is 33.5 Å². The first-order valence-electron chi connectivity index (χ1n) is 10.4. The number of benzene rings is 2. The number of nitrogens with zero attached hydrogens (tertiary/aromatic N) is 2. The van der Waals surface area contributed by atoms with E-state index in [2.05, 4.69) is 4.98 Å². The van der Waals surface area contributed by atoms with Gasteiger partial charge >= 0.3 is 0 Å². The van der Waals surface area contributed by atoms with Crippen molar-refractivity contribution in [1.29, 1.82) is 0 Å². The molecule has 1 fully saturated rings. The number of ether oxygens (including phenoxy) is 2. The number of nitrogens with one attached hydrogen (secondary N) is 1. The third kappa shape index (κ3) is 2.80. The van der Waals surface area contributed by atoms with Crippen molar-refractivity contribution in [3.63, 3.8) is 0 Å². The predicted molar refractivity (Wildman–Crippen MR) is 116 cm³/mol. The highest BCUT2D eigenvalue weighted by molar-refractivity contribution is 6.00. The number of hydrogen-bond acceptors (Lipinski definition) is 4. The summed E-state index contributed by atoms with van der Waals surface area (Å²) < 4.78 is 10.8. The fraction of sp³-hybridized carbons (Fsp3) is 0.333. The molecule has 1 atom stereocenters. The number of aromatic nitrogens is 1. The van der Waals surface area contributed by atoms with Gasteiger partial charge in [-0.2, -0.15) is 0 Å². The van der Waals surface area contributed by atoms with E-state index in [1.165, 1.54) is 0 Å². The number of fused-ring (bicyclic) bond motifs is 5. The summed E-state index contributed by atoms with van der Waals surface area (Å²) in [6.45, 7) is 2.75. The lowest BCUT2D eigenvalue weighted by molar-refractivity contribution is -0.166. The van der Waals surface area contributed by atoms with Crippen LogP contribution in [-0.4, -0.2) is 53.9 Å². The van der Waals surface area contributed by atoms with Crippen LogP contribution in [0, 0.1) is 0 Å². The third-order valence-corrected chi connectivity index (χ3v) is 6.61. The summed E-state index contributed by atoms with van der Waals surface area (Å²) >= 11 is 0. The molecule has 5 rings (SSSR count). The molecule has 0 saturated carbocycles. The molecule has 3 aromatic rings. The molecule has 7 nitrogen and oxygen atoms in total. The Labute approximate surface area is 180 Å². The van der Waals surface area contributed by atoms with Gasteiger partial charge in [0.25, 0.3) is 5.91 Å². The minimum absolute atomic E-state index is 0.0427. The molecule has 1 saturated heterocycles. The molecular formula is C24H25N3O4. The van der Waals surface area contributed by atoms with E-state index in [-0.39, 0.29) is 18.4 Å². The van der Waals surface area contributed by atoms with Gasteiger partial charge in [0, 0.05) is 29.6 Å². The molecule has 160 valence electrons. The fourth-order valence-corrected chi connectivity index (χ4v) is 5.00. The van der Waals surface area contributed by atoms with Crippen LogP contribution < -0.4 is 9.47 Å². The van der Waals surface area contributed by atoms with Crippen molar-refractivity contribution in [2.75, 3.05) is 27.3 Å². The molecule has 31 heavy (non-hydrogen) atoms. The zero-order chi connectivity index (χ0) is 21.8. The Morgan fingerprint density at radius 2 is 1.90 bits per heavy atom. The molecule has 2 aromatic carbocycles. The highest BCUT2D eigenvalue weighted by Gasteiger charge is 2.54. The molecular weight excluding hydrogens is 394 g/mol. The third-order valence-electron chi connectivity index (χ3n) is 6.61. The van der Waals surface area contributed by atoms with Gasteiger partial charge in [-0.3, -0.25) is 9.59 Å². The van der Waals surface area contributed by atoms with E-state index in [9.17, 15) is 9.59 Å². The molecule has 1 N–H and O–H groups in total. The van der Waals surface area contributed by atoms with Gasteiger partial charge in [0.1, 0.15) is 18.0 Å². The first-order chi connectivity index (χ1) is 15.0. The molecule has 0 bridgehead atoms. The maximum Gasteiger partial charge on any atom is 0.255 e. The van der Waals surface area contributed by atoms with Gasteiger partial charge in [0.2, 0.25) is 5.91 Å². The summed E-state index contributed by atoms with van der Waals surface area (Å²) in [5.41, 5.74) is 2.62. The molecule has 0 radical (unpaired) electrons. The van der Waals surface area contributed by atoms with Crippen LogP contribution in [0.5, 0.6) is 11.5 Å². The molecule has 1 unspecified atom stereocenters. The van der Waals surface area contributed by atoms with E-state index in [4.69, 9.17) is 9.47 Å². The Morgan fingerprint density at radius 3 is 2.68 bits per heavy atom. The number of piperazine rings is 1. The van der Waals surface area contributed by atoms with Crippen molar-refractivity contribution in [3.8, 4) is 11.5 Å². The molecule has 7 heteroatoms. The minimum atomic E-state index is -1.07. The van der Waals surface area contributed by atoms with E-state index < -0.39 is 5.54 Å². The van der Waals surface area contributed by atoms with Crippen molar-refractivity contribution in [2.45, 2.75) is 25.4 Å². The summed E-state index contributed by atoms with van der Waals surface area (Å²) in [6, 6.07) is 13.4. The second kappa shape index (κ2) is 7.04. The van der Waals surface area contributed by atoms with Gasteiger partial charge in [-0.25, -0.2) is 0 Å². The summed E-state index contributed by atoms with van der Waals surface area (Å²) in [5, 5.41) is 1.04. The molecule has 0 aliphatic carbocycles. The standard InChI is InChI=1S/C24H25N3O4/c1-24-22-17(18-12-16(30-2)8-9-19(18)25-22)10-11-27(24)21(28)14-26(23(24)29)13-15-6-4-5-7-20(15)31-3/h4-9,12,25H,10-11,13-14H2,1-3H3. The average molecular weight is 419 g/mol. The topological polar surface area (TPSA) is 74.9 Å². The second-order valence-electron chi connectivity index (χ2n) is 8.23. The number of hydrogen-bond donors (Lipinski definition) is 1. The SMILES string of the molecule is COc1ccc2[nH]c3c(c2c1)CCN1C(=O)CN(Cc2ccccc2OC)C(=O)C31C. The Bertz CT molecular complexity index is 1200. The second-order valence-corrected chi connectivity index (χ2v) is 8.23. The summed E-state index contributed by atoms with van der Waals surface area (Å²) in [4.78, 5) is 33.8. The molecule has 3 heterocycles. The Kier molecular flexibility index (Phi) is 4.43. The minimum Gasteiger partial charge on any atom is -0.497 e. The van der Waals surface area contributed by atoms with Crippen molar-refractivity contribution in [3.05, 3.63) is 59.3 Å². The molecule has 1 aromatic heterocycles. The van der Waals surface area contributed by atoms with Crippen LogP contribution >= 0.6 is 0 Å². The first-order valence-corrected chi connectivity index (χ1v) is 10.4. The van der Waals surface area contributed by atoms with Gasteiger partial charge in [0.15, 0.2) is 5.54 Å². The van der Waals surface area contributed by atoms with E-state index in [1.807, 2.05) is 49.4 Å². The highest BCUT2D eigenvalue weighted by atomic mass is 16.5. The van der Waals surface area contributed by atoms with E-state index in [1.54, 1.807) is 24.0 Å². The Morgan fingerprint density at radius 1 is 1.10 bits per heavy atom. The lowest BCUT2D eigenvalue weighted by atomic mass is 9.83. The summed E-state index contributed by atoms with van der Waals surface area (Å²) in [5.74, 6) is 1.35. The smallest absolute Gasteiger partial charge is 0.255 e. The zero-order valence-corrected chi connectivity index (χ0v) is 17.9. The number of methoxy groups -OCH3 is 2. The lowest BCUT2D eigenvalue weighted by Crippen LogP contribution is -2.66. The predicted octanol–water partition coefficient (Wildman–Crippen LogP) is 2.83. The number of H-pyrrole nitrogens is 1. The maximum absolute atomic E-state index is 13.8. The van der Waals surface area contributed by atoms with Crippen LogP contribution in [0.2, 0.25) is 0 Å². The van der Waals surface area contributed by atoms with Crippen LogP contribution in [0.25, 0.3) is 10.9 Å². The van der Waals surface area contributed by atoms with Crippen molar-refractivity contribution in [2.24, 2.45) is 0 Å². The van der Waals surface area contributed by atoms with Gasteiger partial charge in [-0.1, -0.05) is 18.2 Å². The number of carbonyl (C=O) groups excluding carboxylic acids is 2. The summed E-state index contributed by atoms with van der Waals surface area (Å²) in [7, 11) is 3.25. The van der Waals surface area contributed by atoms with E-state index >= 15 is 0 Å². The van der Waals surface area contributed by atoms with Crippen LogP contribution in [0.4, 0.5) is 0 Å². The molecule has 2 aliphatic rings. The van der Waals surface area contributed by atoms with Crippen molar-refractivity contribution >= 4 is 22.7 Å². The quantitative estimate of drug-likeness (QED) is 0.706. The van der Waals surface area contributed by atoms with Gasteiger partial charge in [0.05, 0.1) is 19.9 Å². The van der Waals surface area contributed by atoms with Crippen molar-refractivity contribution in [1.82, 2.24) is 14.8 Å². The summed E-state index contributed by atoms with van der Waals surface area (Å²) in [6.07, 6.45) is 0.698. The number of amides is 2. The number of para-hydroxylation sites is 1. The average Bonchev–Trinajstić information content (AvgIpc) is 3.17. The van der Waals surface area contributed by atoms with E-state index in [0.29, 0.717) is 25.3 Å². The number of aromatic amines is 1. The van der Waals surface area contributed by atoms with Gasteiger partial charge in [-0.05, 0) is 43.2 Å². The monoisotopic (exact) mass is 419 g/mol. The van der Waals surface area contributed by atoms with Gasteiger partial charge < -0.3 is 24.3 Å². The lowest BCUT2D eigenvalue weighted by Gasteiger charge is -2.49. The zero-order valence-electron chi connectivity index (χ0n) is 17.9. The molecule has 2 aliphatic heterocycles. The maximum atomic E-state index is 13.8. The molecule has 2 amide bonds. The largest absolute Gasteiger partial charge is 0.497 e. The van der Waals surface area contributed by atoms with Crippen LogP contribution in [0.1, 0.15) is 23.7 Å². The normalized spacial score (nSPS) is 20.6. The van der Waals surface area contributed by atoms with Gasteiger partial charge in [-0.15, -0.1) is 0 Å². The van der Waals surface area contributed by atoms with Crippen LogP contribution in [-0.2, 0) is 28.1 Å². The first kappa shape index (κ1) is 19.5. The number of rotatable bonds is 4. The van der Waals surface area contributed by atoms with Crippen LogP contribution in [0.3, 0.4) is 0 Å². The fourth-order valence-electron chi connectivity index (χ4n) is 5.00. The van der Waals surface area contributed by atoms with Crippen LogP contribution in [0.15, 0.2) is 42.5 Å². The van der Waals surface area contributed by atoms with Crippen molar-refractivity contribution < 1.29 is 19.1 Å². The Balaban J connectivity index is 1.59. The highest BCUT2D eigenvalue weighted by Crippen LogP contribution is 2.43. The number of carbonyl (C=O) groups is 2. The molecule has 0 spiro atoms.